The van der Waals surface area contributed by atoms with Crippen LogP contribution in [0, 0.1) is 0 Å². The van der Waals surface area contributed by atoms with Gasteiger partial charge in [0.15, 0.2) is 0 Å². The molecule has 0 bridgehead atoms. The fraction of sp³-hybridized carbons (Fsp3) is 0.417. The second kappa shape index (κ2) is 8.78. The molecule has 3 rings (SSSR count). The molecule has 0 fully saturated rings. The molecule has 2 aromatic carbocycles. The van der Waals surface area contributed by atoms with Gasteiger partial charge >= 0.3 is 6.09 Å². The summed E-state index contributed by atoms with van der Waals surface area (Å²) < 4.78 is 5.29. The van der Waals surface area contributed by atoms with E-state index in [-0.39, 0.29) is 24.1 Å². The molecule has 0 radical (unpaired) electrons. The zero-order valence-corrected chi connectivity index (χ0v) is 18.6. The van der Waals surface area contributed by atoms with E-state index in [9.17, 15) is 9.59 Å². The lowest BCUT2D eigenvalue weighted by atomic mass is 9.89. The van der Waals surface area contributed by atoms with Gasteiger partial charge in [0, 0.05) is 38.4 Å². The first-order valence-electron chi connectivity index (χ1n) is 10.4. The summed E-state index contributed by atoms with van der Waals surface area (Å²) in [7, 11) is 4.02. The molecule has 1 aliphatic rings. The molecule has 6 nitrogen and oxygen atoms in total. The van der Waals surface area contributed by atoms with Crippen LogP contribution in [0.2, 0.25) is 0 Å². The number of carbonyl (C=O) groups excluding carboxylic acids is 2. The Kier molecular flexibility index (Phi) is 6.34. The molecular formula is C24H31N3O3. The monoisotopic (exact) mass is 409 g/mol. The second-order valence-electron chi connectivity index (χ2n) is 8.34. The maximum absolute atomic E-state index is 12.3. The Balaban J connectivity index is 2.00. The van der Waals surface area contributed by atoms with Gasteiger partial charge < -0.3 is 19.9 Å². The van der Waals surface area contributed by atoms with E-state index in [2.05, 4.69) is 40.5 Å². The Morgan fingerprint density at radius 2 is 1.73 bits per heavy atom. The van der Waals surface area contributed by atoms with Crippen LogP contribution in [0.15, 0.2) is 42.5 Å². The van der Waals surface area contributed by atoms with Crippen molar-refractivity contribution in [2.24, 2.45) is 0 Å². The molecule has 0 unspecified atom stereocenters. The van der Waals surface area contributed by atoms with Crippen molar-refractivity contribution in [3.63, 3.8) is 0 Å². The van der Waals surface area contributed by atoms with Crippen molar-refractivity contribution >= 4 is 23.4 Å². The van der Waals surface area contributed by atoms with Crippen LogP contribution in [0.25, 0.3) is 11.1 Å². The molecule has 0 aromatic heterocycles. The van der Waals surface area contributed by atoms with Gasteiger partial charge in [0.05, 0.1) is 12.1 Å². The van der Waals surface area contributed by atoms with Crippen LogP contribution < -0.4 is 15.1 Å². The smallest absolute Gasteiger partial charge is 0.407 e. The number of nitrogens with one attached hydrogen (secondary N) is 1. The second-order valence-corrected chi connectivity index (χ2v) is 8.34. The average molecular weight is 410 g/mol. The van der Waals surface area contributed by atoms with E-state index in [0.717, 1.165) is 28.1 Å². The van der Waals surface area contributed by atoms with Crippen LogP contribution in [0.1, 0.15) is 45.7 Å². The number of ether oxygens (including phenoxy) is 1. The fourth-order valence-electron chi connectivity index (χ4n) is 4.00. The number of hydrogen-bond acceptors (Lipinski definition) is 4. The zero-order chi connectivity index (χ0) is 22.0. The first kappa shape index (κ1) is 21.7. The van der Waals surface area contributed by atoms with Crippen molar-refractivity contribution in [3.8, 4) is 11.1 Å². The molecule has 0 saturated carbocycles. The minimum atomic E-state index is -0.440. The molecule has 1 N–H and O–H groups in total. The van der Waals surface area contributed by atoms with Crippen LogP contribution in [-0.4, -0.2) is 38.2 Å². The highest BCUT2D eigenvalue weighted by Crippen LogP contribution is 2.39. The quantitative estimate of drug-likeness (QED) is 0.792. The number of amides is 2. The summed E-state index contributed by atoms with van der Waals surface area (Å²) >= 11 is 0. The highest BCUT2D eigenvalue weighted by Gasteiger charge is 2.33. The number of nitrogens with zero attached hydrogens (tertiary/aromatic N) is 2. The van der Waals surface area contributed by atoms with Gasteiger partial charge in [0.1, 0.15) is 0 Å². The van der Waals surface area contributed by atoms with Crippen molar-refractivity contribution < 1.29 is 14.3 Å². The standard InChI is InChI=1S/C24H31N3O3/c1-15(2)30-24(29)25-22-13-16(3)27(17(4)28)23-12-9-19(14-21(22)23)18-7-10-20(11-8-18)26(5)6/h7-12,14-16,22H,13H2,1-6H3,(H,25,29)/t16-,22+/m0/s1. The minimum Gasteiger partial charge on any atom is -0.447 e. The number of hydrogen-bond donors (Lipinski definition) is 1. The summed E-state index contributed by atoms with van der Waals surface area (Å²) in [5.74, 6) is -0.00459. The molecule has 0 spiro atoms. The predicted octanol–water partition coefficient (Wildman–Crippen LogP) is 4.74. The van der Waals surface area contributed by atoms with Gasteiger partial charge in [-0.25, -0.2) is 4.79 Å². The fourth-order valence-corrected chi connectivity index (χ4v) is 4.00. The van der Waals surface area contributed by atoms with Gasteiger partial charge in [-0.15, -0.1) is 0 Å². The number of benzene rings is 2. The summed E-state index contributed by atoms with van der Waals surface area (Å²) in [5.41, 5.74) is 5.02. The molecule has 30 heavy (non-hydrogen) atoms. The van der Waals surface area contributed by atoms with E-state index in [1.54, 1.807) is 11.8 Å². The molecule has 1 heterocycles. The Bertz CT molecular complexity index is 922. The van der Waals surface area contributed by atoms with Crippen molar-refractivity contribution in [1.82, 2.24) is 5.32 Å². The molecule has 6 heteroatoms. The summed E-state index contributed by atoms with van der Waals surface area (Å²) in [6.07, 6.45) is -0.00564. The van der Waals surface area contributed by atoms with Gasteiger partial charge in [0.25, 0.3) is 0 Å². The topological polar surface area (TPSA) is 61.9 Å². The van der Waals surface area contributed by atoms with Gasteiger partial charge in [-0.3, -0.25) is 4.79 Å². The molecule has 2 amide bonds. The molecule has 0 saturated heterocycles. The van der Waals surface area contributed by atoms with Gasteiger partial charge in [-0.1, -0.05) is 18.2 Å². The normalized spacial score (nSPS) is 18.0. The van der Waals surface area contributed by atoms with Crippen LogP contribution in [0.5, 0.6) is 0 Å². The minimum absolute atomic E-state index is 0.00459. The van der Waals surface area contributed by atoms with E-state index in [4.69, 9.17) is 4.74 Å². The number of carbonyl (C=O) groups is 2. The number of rotatable bonds is 4. The number of fused-ring (bicyclic) bond motifs is 1. The van der Waals surface area contributed by atoms with E-state index in [0.29, 0.717) is 6.42 Å². The Labute approximate surface area is 178 Å². The lowest BCUT2D eigenvalue weighted by molar-refractivity contribution is -0.117. The van der Waals surface area contributed by atoms with Crippen LogP contribution in [0.3, 0.4) is 0 Å². The lowest BCUT2D eigenvalue weighted by Gasteiger charge is -2.39. The maximum atomic E-state index is 12.3. The number of anilines is 2. The highest BCUT2D eigenvalue weighted by molar-refractivity contribution is 5.94. The third-order valence-corrected chi connectivity index (χ3v) is 5.37. The van der Waals surface area contributed by atoms with Crippen LogP contribution >= 0.6 is 0 Å². The highest BCUT2D eigenvalue weighted by atomic mass is 16.6. The van der Waals surface area contributed by atoms with E-state index in [1.165, 1.54) is 0 Å². The van der Waals surface area contributed by atoms with Gasteiger partial charge in [-0.05, 0) is 68.1 Å². The molecule has 0 aliphatic carbocycles. The Morgan fingerprint density at radius 3 is 2.30 bits per heavy atom. The third kappa shape index (κ3) is 4.58. The Hall–Kier alpha value is -3.02. The van der Waals surface area contributed by atoms with Crippen LogP contribution in [0.4, 0.5) is 16.2 Å². The maximum Gasteiger partial charge on any atom is 0.407 e. The molecule has 2 aromatic rings. The van der Waals surface area contributed by atoms with Gasteiger partial charge in [0.2, 0.25) is 5.91 Å². The van der Waals surface area contributed by atoms with E-state index < -0.39 is 6.09 Å². The SMILES string of the molecule is CC(=O)N1c2ccc(-c3ccc(N(C)C)cc3)cc2[C@H](NC(=O)OC(C)C)C[C@@H]1C. The van der Waals surface area contributed by atoms with Gasteiger partial charge in [-0.2, -0.15) is 0 Å². The summed E-state index contributed by atoms with van der Waals surface area (Å²) in [6.45, 7) is 7.23. The van der Waals surface area contributed by atoms with Crippen molar-refractivity contribution in [1.29, 1.82) is 0 Å². The lowest BCUT2D eigenvalue weighted by Crippen LogP contribution is -2.45. The van der Waals surface area contributed by atoms with Crippen LogP contribution in [-0.2, 0) is 9.53 Å². The summed E-state index contributed by atoms with van der Waals surface area (Å²) in [5, 5.41) is 2.99. The molecule has 160 valence electrons. The van der Waals surface area contributed by atoms with E-state index >= 15 is 0 Å². The van der Waals surface area contributed by atoms with Crippen molar-refractivity contribution in [3.05, 3.63) is 48.0 Å². The largest absolute Gasteiger partial charge is 0.447 e. The van der Waals surface area contributed by atoms with E-state index in [1.807, 2.05) is 47.0 Å². The van der Waals surface area contributed by atoms with Crippen molar-refractivity contribution in [2.75, 3.05) is 23.9 Å². The third-order valence-electron chi connectivity index (χ3n) is 5.37. The Morgan fingerprint density at radius 1 is 1.10 bits per heavy atom. The molecule has 2 atom stereocenters. The average Bonchev–Trinajstić information content (AvgIpc) is 2.66. The molecular weight excluding hydrogens is 378 g/mol. The summed E-state index contributed by atoms with van der Waals surface area (Å²) in [6, 6.07) is 14.2. The first-order chi connectivity index (χ1) is 14.2. The predicted molar refractivity (Wildman–Crippen MR) is 121 cm³/mol. The first-order valence-corrected chi connectivity index (χ1v) is 10.4. The summed E-state index contributed by atoms with van der Waals surface area (Å²) in [4.78, 5) is 28.5. The van der Waals surface area contributed by atoms with Crippen molar-refractivity contribution in [2.45, 2.75) is 52.3 Å². The zero-order valence-electron chi connectivity index (χ0n) is 18.6. The number of alkyl carbamates (subject to hydrolysis) is 1. The molecule has 1 aliphatic heterocycles.